The highest BCUT2D eigenvalue weighted by atomic mass is 79.9. The molecule has 0 saturated heterocycles. The zero-order chi connectivity index (χ0) is 13.7. The lowest BCUT2D eigenvalue weighted by Gasteiger charge is -2.13. The van der Waals surface area contributed by atoms with Gasteiger partial charge in [-0.15, -0.1) is 0 Å². The van der Waals surface area contributed by atoms with E-state index in [9.17, 15) is 9.18 Å². The normalized spacial score (nSPS) is 10.5. The van der Waals surface area contributed by atoms with Crippen LogP contribution in [0.5, 0.6) is 0 Å². The summed E-state index contributed by atoms with van der Waals surface area (Å²) in [5.74, 6) is -0.360. The molecule has 4 heteroatoms. The van der Waals surface area contributed by atoms with E-state index in [0.717, 1.165) is 24.8 Å². The molecule has 0 saturated carbocycles. The number of hydrogen-bond acceptors (Lipinski definition) is 1. The van der Waals surface area contributed by atoms with Crippen molar-refractivity contribution in [1.29, 1.82) is 0 Å². The molecule has 1 aromatic carbocycles. The average Bonchev–Trinajstić information content (AvgIpc) is 2.32. The van der Waals surface area contributed by atoms with Crippen molar-refractivity contribution in [3.8, 4) is 0 Å². The second kappa shape index (κ2) is 6.88. The highest BCUT2D eigenvalue weighted by Crippen LogP contribution is 2.29. The van der Waals surface area contributed by atoms with Crippen LogP contribution in [0, 0.1) is 19.7 Å². The Morgan fingerprint density at radius 1 is 1.39 bits per heavy atom. The number of rotatable bonds is 5. The molecule has 0 aromatic heterocycles. The van der Waals surface area contributed by atoms with E-state index in [1.165, 1.54) is 0 Å². The summed E-state index contributed by atoms with van der Waals surface area (Å²) in [6.07, 6.45) is 3.49. The van der Waals surface area contributed by atoms with Crippen LogP contribution in [0.3, 0.4) is 0 Å². The van der Waals surface area contributed by atoms with E-state index >= 15 is 0 Å². The topological polar surface area (TPSA) is 29.1 Å². The summed E-state index contributed by atoms with van der Waals surface area (Å²) in [7, 11) is 0. The van der Waals surface area contributed by atoms with Crippen molar-refractivity contribution in [2.75, 3.05) is 5.32 Å². The van der Waals surface area contributed by atoms with Crippen LogP contribution in [0.1, 0.15) is 43.7 Å². The number of hydrogen-bond donors (Lipinski definition) is 1. The fraction of sp³-hybridized carbons (Fsp3) is 0.500. The maximum Gasteiger partial charge on any atom is 0.224 e. The molecule has 0 aliphatic rings. The Morgan fingerprint density at radius 2 is 2.06 bits per heavy atom. The number of aryl methyl sites for hydroxylation is 1. The SMILES string of the molecule is CCCCCC(=O)Nc1c(C)cc(Br)c(F)c1C. The highest BCUT2D eigenvalue weighted by Gasteiger charge is 2.13. The monoisotopic (exact) mass is 315 g/mol. The predicted molar refractivity (Wildman–Crippen MR) is 76.3 cm³/mol. The Morgan fingerprint density at radius 3 is 2.67 bits per heavy atom. The quantitative estimate of drug-likeness (QED) is 0.782. The summed E-state index contributed by atoms with van der Waals surface area (Å²) < 4.78 is 14.2. The van der Waals surface area contributed by atoms with Gasteiger partial charge in [-0.1, -0.05) is 19.8 Å². The zero-order valence-electron chi connectivity index (χ0n) is 11.1. The van der Waals surface area contributed by atoms with Gasteiger partial charge in [-0.3, -0.25) is 4.79 Å². The molecule has 0 heterocycles. The molecule has 0 bridgehead atoms. The van der Waals surface area contributed by atoms with E-state index in [2.05, 4.69) is 28.2 Å². The molecule has 0 aliphatic heterocycles. The summed E-state index contributed by atoms with van der Waals surface area (Å²) in [6, 6.07) is 1.68. The maximum absolute atomic E-state index is 13.7. The Labute approximate surface area is 116 Å². The molecule has 100 valence electrons. The standard InChI is InChI=1S/C14H19BrFNO/c1-4-5-6-7-12(18)17-14-9(2)8-11(15)13(16)10(14)3/h8H,4-7H2,1-3H3,(H,17,18). The van der Waals surface area contributed by atoms with Gasteiger partial charge < -0.3 is 5.32 Å². The largest absolute Gasteiger partial charge is 0.325 e. The molecule has 0 aliphatic carbocycles. The van der Waals surface area contributed by atoms with Crippen LogP contribution in [0.15, 0.2) is 10.5 Å². The van der Waals surface area contributed by atoms with Crippen LogP contribution >= 0.6 is 15.9 Å². The van der Waals surface area contributed by atoms with Gasteiger partial charge in [0.1, 0.15) is 5.82 Å². The van der Waals surface area contributed by atoms with Crippen molar-refractivity contribution in [3.63, 3.8) is 0 Å². The van der Waals surface area contributed by atoms with Gasteiger partial charge in [0.15, 0.2) is 0 Å². The highest BCUT2D eigenvalue weighted by molar-refractivity contribution is 9.10. The van der Waals surface area contributed by atoms with Crippen LogP contribution in [-0.2, 0) is 4.79 Å². The third-order valence-electron chi connectivity index (χ3n) is 2.92. The summed E-state index contributed by atoms with van der Waals surface area (Å²) >= 11 is 3.16. The molecule has 0 radical (unpaired) electrons. The second-order valence-corrected chi connectivity index (χ2v) is 5.35. The molecule has 18 heavy (non-hydrogen) atoms. The molecule has 1 N–H and O–H groups in total. The van der Waals surface area contributed by atoms with E-state index in [1.807, 2.05) is 6.92 Å². The van der Waals surface area contributed by atoms with Crippen LogP contribution in [0.25, 0.3) is 0 Å². The number of nitrogens with one attached hydrogen (secondary N) is 1. The lowest BCUT2D eigenvalue weighted by atomic mass is 10.1. The Hall–Kier alpha value is -0.900. The van der Waals surface area contributed by atoms with Crippen molar-refractivity contribution in [3.05, 3.63) is 27.5 Å². The van der Waals surface area contributed by atoms with Gasteiger partial charge >= 0.3 is 0 Å². The van der Waals surface area contributed by atoms with Crippen molar-refractivity contribution in [2.24, 2.45) is 0 Å². The molecule has 2 nitrogen and oxygen atoms in total. The second-order valence-electron chi connectivity index (χ2n) is 4.49. The Bertz CT molecular complexity index is 446. The fourth-order valence-corrected chi connectivity index (χ4v) is 2.48. The minimum absolute atomic E-state index is 0.0450. The lowest BCUT2D eigenvalue weighted by molar-refractivity contribution is -0.116. The minimum atomic E-state index is -0.315. The van der Waals surface area contributed by atoms with Crippen molar-refractivity contribution < 1.29 is 9.18 Å². The van der Waals surface area contributed by atoms with Gasteiger partial charge in [-0.2, -0.15) is 0 Å². The summed E-state index contributed by atoms with van der Waals surface area (Å²) in [5.41, 5.74) is 1.94. The molecule has 1 rings (SSSR count). The first-order valence-electron chi connectivity index (χ1n) is 6.22. The van der Waals surface area contributed by atoms with Crippen molar-refractivity contribution in [2.45, 2.75) is 46.5 Å². The third-order valence-corrected chi connectivity index (χ3v) is 3.50. The van der Waals surface area contributed by atoms with Gasteiger partial charge in [0.2, 0.25) is 5.91 Å². The number of halogens is 2. The molecular weight excluding hydrogens is 297 g/mol. The molecule has 0 spiro atoms. The van der Waals surface area contributed by atoms with E-state index in [4.69, 9.17) is 0 Å². The summed E-state index contributed by atoms with van der Waals surface area (Å²) in [5, 5.41) is 2.81. The van der Waals surface area contributed by atoms with E-state index in [1.54, 1.807) is 13.0 Å². The first kappa shape index (κ1) is 15.2. The third kappa shape index (κ3) is 3.80. The van der Waals surface area contributed by atoms with Crippen LogP contribution in [0.2, 0.25) is 0 Å². The van der Waals surface area contributed by atoms with Crippen molar-refractivity contribution >= 4 is 27.5 Å². The van der Waals surface area contributed by atoms with Crippen LogP contribution in [-0.4, -0.2) is 5.91 Å². The number of carbonyl (C=O) groups is 1. The summed E-state index contributed by atoms with van der Waals surface area (Å²) in [4.78, 5) is 11.7. The van der Waals surface area contributed by atoms with E-state index in [0.29, 0.717) is 22.1 Å². The molecule has 1 amide bonds. The number of benzene rings is 1. The number of amides is 1. The van der Waals surface area contributed by atoms with E-state index < -0.39 is 0 Å². The molecule has 0 unspecified atom stereocenters. The van der Waals surface area contributed by atoms with Gasteiger partial charge in [0, 0.05) is 17.7 Å². The van der Waals surface area contributed by atoms with Gasteiger partial charge in [-0.25, -0.2) is 4.39 Å². The maximum atomic E-state index is 13.7. The molecule has 0 atom stereocenters. The number of anilines is 1. The zero-order valence-corrected chi connectivity index (χ0v) is 12.7. The Kier molecular flexibility index (Phi) is 5.79. The van der Waals surface area contributed by atoms with Gasteiger partial charge in [-0.05, 0) is 47.8 Å². The molecular formula is C14H19BrFNO. The predicted octanol–water partition coefficient (Wildman–Crippen LogP) is 4.72. The van der Waals surface area contributed by atoms with Crippen LogP contribution in [0.4, 0.5) is 10.1 Å². The van der Waals surface area contributed by atoms with Crippen LogP contribution < -0.4 is 5.32 Å². The lowest BCUT2D eigenvalue weighted by Crippen LogP contribution is -2.13. The number of carbonyl (C=O) groups excluding carboxylic acids is 1. The minimum Gasteiger partial charge on any atom is -0.325 e. The Balaban J connectivity index is 2.79. The van der Waals surface area contributed by atoms with Gasteiger partial charge in [0.25, 0.3) is 0 Å². The fourth-order valence-electron chi connectivity index (χ4n) is 1.84. The number of unbranched alkanes of at least 4 members (excludes halogenated alkanes) is 2. The first-order chi connectivity index (χ1) is 8.47. The van der Waals surface area contributed by atoms with E-state index in [-0.39, 0.29) is 11.7 Å². The summed E-state index contributed by atoms with van der Waals surface area (Å²) in [6.45, 7) is 5.63. The van der Waals surface area contributed by atoms with Gasteiger partial charge in [0.05, 0.1) is 4.47 Å². The smallest absolute Gasteiger partial charge is 0.224 e. The average molecular weight is 316 g/mol. The molecule has 1 aromatic rings. The first-order valence-corrected chi connectivity index (χ1v) is 7.01. The molecule has 0 fully saturated rings. The van der Waals surface area contributed by atoms with Crippen molar-refractivity contribution in [1.82, 2.24) is 0 Å².